The molecular formula is C18H26N4O5. The number of carbonyl (C=O) groups excluding carboxylic acids is 2. The number of hydrogen-bond acceptors (Lipinski definition) is 6. The molecule has 2 unspecified atom stereocenters. The van der Waals surface area contributed by atoms with E-state index in [9.17, 15) is 19.7 Å². The molecule has 1 aliphatic rings. The molecule has 0 aliphatic carbocycles. The lowest BCUT2D eigenvalue weighted by molar-refractivity contribution is -0.384. The van der Waals surface area contributed by atoms with Crippen LogP contribution in [0.3, 0.4) is 0 Å². The van der Waals surface area contributed by atoms with Crippen molar-refractivity contribution in [1.29, 1.82) is 0 Å². The minimum absolute atomic E-state index is 0.0252. The van der Waals surface area contributed by atoms with Crippen LogP contribution in [0.1, 0.15) is 20.3 Å². The van der Waals surface area contributed by atoms with Crippen LogP contribution >= 0.6 is 0 Å². The Hall–Kier alpha value is -2.84. The number of nitrogens with one attached hydrogen (secondary N) is 1. The Morgan fingerprint density at radius 2 is 1.81 bits per heavy atom. The Kier molecular flexibility index (Phi) is 6.98. The highest BCUT2D eigenvalue weighted by Gasteiger charge is 2.30. The first-order chi connectivity index (χ1) is 12.9. The molecule has 9 heteroatoms. The molecule has 1 N–H and O–H groups in total. The average Bonchev–Trinajstić information content (AvgIpc) is 2.70. The van der Waals surface area contributed by atoms with Gasteiger partial charge >= 0.3 is 12.0 Å². The number of esters is 1. The van der Waals surface area contributed by atoms with Gasteiger partial charge in [-0.3, -0.25) is 10.1 Å². The second-order valence-corrected chi connectivity index (χ2v) is 6.58. The number of hydrogen-bond donors (Lipinski definition) is 1. The molecule has 1 aromatic rings. The lowest BCUT2D eigenvalue weighted by Crippen LogP contribution is -2.56. The molecular weight excluding hydrogens is 352 g/mol. The molecule has 1 fully saturated rings. The van der Waals surface area contributed by atoms with Crippen LogP contribution in [0.4, 0.5) is 16.2 Å². The van der Waals surface area contributed by atoms with E-state index in [0.29, 0.717) is 26.2 Å². The SMILES string of the molecule is CCC(C)C(NC(=O)N1CCN(c2ccc([N+](=O)[O-])cc2)CC1)C(=O)OC. The number of nitrogens with zero attached hydrogens (tertiary/aromatic N) is 3. The Morgan fingerprint density at radius 3 is 2.30 bits per heavy atom. The summed E-state index contributed by atoms with van der Waals surface area (Å²) in [4.78, 5) is 38.5. The molecule has 0 aromatic heterocycles. The van der Waals surface area contributed by atoms with Gasteiger partial charge in [0, 0.05) is 44.0 Å². The van der Waals surface area contributed by atoms with Crippen molar-refractivity contribution in [3.05, 3.63) is 34.4 Å². The second kappa shape index (κ2) is 9.20. The highest BCUT2D eigenvalue weighted by molar-refractivity contribution is 5.84. The molecule has 1 aromatic carbocycles. The van der Waals surface area contributed by atoms with Gasteiger partial charge in [0.25, 0.3) is 5.69 Å². The van der Waals surface area contributed by atoms with Gasteiger partial charge in [0.1, 0.15) is 6.04 Å². The number of methoxy groups -OCH3 is 1. The summed E-state index contributed by atoms with van der Waals surface area (Å²) in [7, 11) is 1.31. The molecule has 148 valence electrons. The van der Waals surface area contributed by atoms with Crippen LogP contribution in [-0.4, -0.2) is 61.2 Å². The van der Waals surface area contributed by atoms with Crippen molar-refractivity contribution in [3.8, 4) is 0 Å². The van der Waals surface area contributed by atoms with E-state index >= 15 is 0 Å². The van der Waals surface area contributed by atoms with Crippen molar-refractivity contribution >= 4 is 23.4 Å². The van der Waals surface area contributed by atoms with E-state index in [1.54, 1.807) is 17.0 Å². The fraction of sp³-hybridized carbons (Fsp3) is 0.556. The van der Waals surface area contributed by atoms with Crippen molar-refractivity contribution in [1.82, 2.24) is 10.2 Å². The quantitative estimate of drug-likeness (QED) is 0.461. The largest absolute Gasteiger partial charge is 0.467 e. The third-order valence-corrected chi connectivity index (χ3v) is 4.94. The van der Waals surface area contributed by atoms with E-state index in [1.807, 2.05) is 13.8 Å². The average molecular weight is 378 g/mol. The summed E-state index contributed by atoms with van der Waals surface area (Å²) in [6, 6.07) is 5.42. The van der Waals surface area contributed by atoms with Gasteiger partial charge in [-0.1, -0.05) is 20.3 Å². The maximum Gasteiger partial charge on any atom is 0.328 e. The van der Waals surface area contributed by atoms with E-state index in [-0.39, 0.29) is 17.6 Å². The van der Waals surface area contributed by atoms with Crippen molar-refractivity contribution in [3.63, 3.8) is 0 Å². The molecule has 2 rings (SSSR count). The van der Waals surface area contributed by atoms with E-state index in [2.05, 4.69) is 10.2 Å². The summed E-state index contributed by atoms with van der Waals surface area (Å²) < 4.78 is 4.80. The van der Waals surface area contributed by atoms with Crippen molar-refractivity contribution < 1.29 is 19.2 Å². The molecule has 9 nitrogen and oxygen atoms in total. The Morgan fingerprint density at radius 1 is 1.22 bits per heavy atom. The Bertz CT molecular complexity index is 671. The van der Waals surface area contributed by atoms with Crippen LogP contribution in [0.15, 0.2) is 24.3 Å². The number of rotatable bonds is 6. The normalized spacial score (nSPS) is 16.4. The number of nitro groups is 1. The third kappa shape index (κ3) is 5.08. The fourth-order valence-corrected chi connectivity index (χ4v) is 2.97. The maximum absolute atomic E-state index is 12.5. The molecule has 2 amide bonds. The maximum atomic E-state index is 12.5. The molecule has 0 saturated carbocycles. The first kappa shape index (κ1) is 20.5. The molecule has 1 heterocycles. The molecule has 0 bridgehead atoms. The van der Waals surface area contributed by atoms with Crippen molar-refractivity contribution in [2.75, 3.05) is 38.2 Å². The van der Waals surface area contributed by atoms with E-state index in [4.69, 9.17) is 4.74 Å². The molecule has 1 saturated heterocycles. The number of urea groups is 1. The topological polar surface area (TPSA) is 105 Å². The third-order valence-electron chi connectivity index (χ3n) is 4.94. The molecule has 2 atom stereocenters. The second-order valence-electron chi connectivity index (χ2n) is 6.58. The van der Waals surface area contributed by atoms with Crippen LogP contribution in [0.5, 0.6) is 0 Å². The summed E-state index contributed by atoms with van der Waals surface area (Å²) in [6.07, 6.45) is 0.744. The molecule has 0 spiro atoms. The number of piperazine rings is 1. The minimum atomic E-state index is -0.666. The van der Waals surface area contributed by atoms with Crippen LogP contribution in [0.25, 0.3) is 0 Å². The van der Waals surface area contributed by atoms with Gasteiger partial charge in [-0.25, -0.2) is 9.59 Å². The number of non-ortho nitro benzene ring substituents is 1. The molecule has 1 aliphatic heterocycles. The summed E-state index contributed by atoms with van der Waals surface area (Å²) in [5.74, 6) is -0.468. The summed E-state index contributed by atoms with van der Waals surface area (Å²) >= 11 is 0. The highest BCUT2D eigenvalue weighted by Crippen LogP contribution is 2.20. The zero-order valence-electron chi connectivity index (χ0n) is 15.9. The zero-order chi connectivity index (χ0) is 20.0. The molecule has 0 radical (unpaired) electrons. The first-order valence-electron chi connectivity index (χ1n) is 9.00. The molecule has 27 heavy (non-hydrogen) atoms. The van der Waals surface area contributed by atoms with Gasteiger partial charge in [0.2, 0.25) is 0 Å². The lowest BCUT2D eigenvalue weighted by Gasteiger charge is -2.37. The van der Waals surface area contributed by atoms with Gasteiger partial charge in [0.15, 0.2) is 0 Å². The number of benzene rings is 1. The van der Waals surface area contributed by atoms with Crippen LogP contribution in [0.2, 0.25) is 0 Å². The summed E-state index contributed by atoms with van der Waals surface area (Å²) in [6.45, 7) is 6.06. The summed E-state index contributed by atoms with van der Waals surface area (Å²) in [5, 5.41) is 13.5. The van der Waals surface area contributed by atoms with E-state index in [0.717, 1.165) is 12.1 Å². The smallest absolute Gasteiger partial charge is 0.328 e. The van der Waals surface area contributed by atoms with Gasteiger partial charge in [0.05, 0.1) is 12.0 Å². The van der Waals surface area contributed by atoms with Crippen LogP contribution < -0.4 is 10.2 Å². The predicted octanol–water partition coefficient (Wildman–Crippen LogP) is 2.01. The zero-order valence-corrected chi connectivity index (χ0v) is 15.9. The number of amides is 2. The van der Waals surface area contributed by atoms with E-state index < -0.39 is 16.9 Å². The standard InChI is InChI=1S/C18H26N4O5/c1-4-13(2)16(17(23)27-3)19-18(24)21-11-9-20(10-12-21)14-5-7-15(8-6-14)22(25)26/h5-8,13,16H,4,9-12H2,1-3H3,(H,19,24). The fourth-order valence-electron chi connectivity index (χ4n) is 2.97. The van der Waals surface area contributed by atoms with Gasteiger partial charge in [-0.15, -0.1) is 0 Å². The van der Waals surface area contributed by atoms with Crippen molar-refractivity contribution in [2.24, 2.45) is 5.92 Å². The van der Waals surface area contributed by atoms with Gasteiger partial charge in [-0.2, -0.15) is 0 Å². The summed E-state index contributed by atoms with van der Waals surface area (Å²) in [5.41, 5.74) is 0.934. The minimum Gasteiger partial charge on any atom is -0.467 e. The number of carbonyl (C=O) groups is 2. The number of anilines is 1. The van der Waals surface area contributed by atoms with Crippen LogP contribution in [-0.2, 0) is 9.53 Å². The van der Waals surface area contributed by atoms with Crippen molar-refractivity contribution in [2.45, 2.75) is 26.3 Å². The number of ether oxygens (including phenoxy) is 1. The Balaban J connectivity index is 1.93. The Labute approximate surface area is 158 Å². The van der Waals surface area contributed by atoms with E-state index in [1.165, 1.54) is 19.2 Å². The lowest BCUT2D eigenvalue weighted by atomic mass is 9.99. The van der Waals surface area contributed by atoms with Crippen LogP contribution in [0, 0.1) is 16.0 Å². The predicted molar refractivity (Wildman–Crippen MR) is 101 cm³/mol. The monoisotopic (exact) mass is 378 g/mol. The van der Waals surface area contributed by atoms with Gasteiger partial charge < -0.3 is 19.9 Å². The first-order valence-corrected chi connectivity index (χ1v) is 9.00. The number of nitro benzene ring substituents is 1. The highest BCUT2D eigenvalue weighted by atomic mass is 16.6. The van der Waals surface area contributed by atoms with Gasteiger partial charge in [-0.05, 0) is 18.1 Å².